The van der Waals surface area contributed by atoms with E-state index in [-0.39, 0.29) is 5.92 Å². The summed E-state index contributed by atoms with van der Waals surface area (Å²) in [6.07, 6.45) is 0.685. The van der Waals surface area contributed by atoms with Gasteiger partial charge in [-0.3, -0.25) is 0 Å². The molecule has 0 aliphatic carbocycles. The van der Waals surface area contributed by atoms with Crippen LogP contribution in [0.2, 0.25) is 0 Å². The lowest BCUT2D eigenvalue weighted by molar-refractivity contribution is 0.481. The normalized spacial score (nSPS) is 18.4. The second kappa shape index (κ2) is 3.32. The standard InChI is InChI=1S/C6H13FO2S/c1-4-5(2)6(3)10(7,8)9/h5-6H,4H2,1-3H3. The highest BCUT2D eigenvalue weighted by molar-refractivity contribution is 7.87. The lowest BCUT2D eigenvalue weighted by atomic mass is 10.1. The van der Waals surface area contributed by atoms with Crippen molar-refractivity contribution in [2.45, 2.75) is 32.4 Å². The Balaban J connectivity index is 4.23. The van der Waals surface area contributed by atoms with Crippen molar-refractivity contribution in [1.82, 2.24) is 0 Å². The first kappa shape index (κ1) is 9.88. The van der Waals surface area contributed by atoms with Gasteiger partial charge in [-0.15, -0.1) is 3.89 Å². The van der Waals surface area contributed by atoms with Crippen LogP contribution in [0.25, 0.3) is 0 Å². The van der Waals surface area contributed by atoms with Crippen molar-refractivity contribution in [3.05, 3.63) is 0 Å². The minimum Gasteiger partial charge on any atom is -0.195 e. The van der Waals surface area contributed by atoms with Gasteiger partial charge in [0.05, 0.1) is 5.25 Å². The van der Waals surface area contributed by atoms with Crippen LogP contribution in [0.5, 0.6) is 0 Å². The van der Waals surface area contributed by atoms with Crippen LogP contribution in [0.15, 0.2) is 0 Å². The van der Waals surface area contributed by atoms with Gasteiger partial charge in [-0.25, -0.2) is 0 Å². The molecule has 0 aromatic carbocycles. The third-order valence-electron chi connectivity index (χ3n) is 1.89. The van der Waals surface area contributed by atoms with E-state index in [2.05, 4.69) is 0 Å². The fourth-order valence-corrected chi connectivity index (χ4v) is 1.36. The highest BCUT2D eigenvalue weighted by atomic mass is 32.3. The van der Waals surface area contributed by atoms with Gasteiger partial charge in [-0.05, 0) is 12.8 Å². The Hall–Kier alpha value is -0.120. The maximum atomic E-state index is 12.2. The molecule has 0 radical (unpaired) electrons. The van der Waals surface area contributed by atoms with Gasteiger partial charge in [0.15, 0.2) is 0 Å². The molecule has 0 saturated heterocycles. The summed E-state index contributed by atoms with van der Waals surface area (Å²) in [6, 6.07) is 0. The van der Waals surface area contributed by atoms with Gasteiger partial charge in [-0.1, -0.05) is 20.3 Å². The first-order valence-corrected chi connectivity index (χ1v) is 4.77. The minimum absolute atomic E-state index is 0.102. The number of halogens is 1. The quantitative estimate of drug-likeness (QED) is 0.601. The van der Waals surface area contributed by atoms with Crippen LogP contribution in [-0.4, -0.2) is 13.7 Å². The second-order valence-electron chi connectivity index (χ2n) is 2.57. The molecule has 0 bridgehead atoms. The molecule has 0 aromatic heterocycles. The molecule has 2 unspecified atom stereocenters. The zero-order chi connectivity index (χ0) is 8.36. The maximum Gasteiger partial charge on any atom is 0.305 e. The predicted molar refractivity (Wildman–Crippen MR) is 38.9 cm³/mol. The van der Waals surface area contributed by atoms with Gasteiger partial charge in [0.1, 0.15) is 0 Å². The molecule has 2 atom stereocenters. The Bertz CT molecular complexity index is 186. The van der Waals surface area contributed by atoms with Crippen molar-refractivity contribution in [3.8, 4) is 0 Å². The van der Waals surface area contributed by atoms with E-state index in [1.54, 1.807) is 6.92 Å². The number of rotatable bonds is 3. The van der Waals surface area contributed by atoms with Gasteiger partial charge in [0, 0.05) is 0 Å². The maximum absolute atomic E-state index is 12.2. The molecule has 0 aliphatic rings. The van der Waals surface area contributed by atoms with E-state index < -0.39 is 15.5 Å². The smallest absolute Gasteiger partial charge is 0.195 e. The summed E-state index contributed by atoms with van der Waals surface area (Å²) >= 11 is 0. The van der Waals surface area contributed by atoms with Crippen molar-refractivity contribution < 1.29 is 12.3 Å². The number of hydrogen-bond acceptors (Lipinski definition) is 2. The van der Waals surface area contributed by atoms with Crippen molar-refractivity contribution in [2.75, 3.05) is 0 Å². The summed E-state index contributed by atoms with van der Waals surface area (Å²) in [5.41, 5.74) is 0. The fraction of sp³-hybridized carbons (Fsp3) is 1.00. The largest absolute Gasteiger partial charge is 0.305 e. The first-order chi connectivity index (χ1) is 4.39. The zero-order valence-corrected chi connectivity index (χ0v) is 7.28. The molecule has 2 nitrogen and oxygen atoms in total. The van der Waals surface area contributed by atoms with Gasteiger partial charge in [0.2, 0.25) is 0 Å². The molecule has 10 heavy (non-hydrogen) atoms. The third-order valence-corrected chi connectivity index (χ3v) is 3.24. The van der Waals surface area contributed by atoms with Gasteiger partial charge >= 0.3 is 10.2 Å². The van der Waals surface area contributed by atoms with Crippen LogP contribution < -0.4 is 0 Å². The van der Waals surface area contributed by atoms with Crippen LogP contribution in [0.4, 0.5) is 3.89 Å². The van der Waals surface area contributed by atoms with E-state index in [1.807, 2.05) is 6.92 Å². The summed E-state index contributed by atoms with van der Waals surface area (Å²) < 4.78 is 32.7. The molecule has 0 spiro atoms. The van der Waals surface area contributed by atoms with Crippen LogP contribution in [0, 0.1) is 5.92 Å². The molecular weight excluding hydrogens is 155 g/mol. The van der Waals surface area contributed by atoms with Crippen LogP contribution in [0.3, 0.4) is 0 Å². The van der Waals surface area contributed by atoms with Crippen molar-refractivity contribution in [2.24, 2.45) is 5.92 Å². The zero-order valence-electron chi connectivity index (χ0n) is 6.46. The summed E-state index contributed by atoms with van der Waals surface area (Å²) in [4.78, 5) is 0. The van der Waals surface area contributed by atoms with E-state index in [0.29, 0.717) is 6.42 Å². The minimum atomic E-state index is -4.31. The summed E-state index contributed by atoms with van der Waals surface area (Å²) in [6.45, 7) is 4.96. The van der Waals surface area contributed by atoms with E-state index in [9.17, 15) is 12.3 Å². The molecule has 0 amide bonds. The molecule has 0 rings (SSSR count). The molecule has 0 aromatic rings. The van der Waals surface area contributed by atoms with Crippen LogP contribution in [-0.2, 0) is 10.2 Å². The Morgan fingerprint density at radius 3 is 1.90 bits per heavy atom. The van der Waals surface area contributed by atoms with Crippen LogP contribution in [0.1, 0.15) is 27.2 Å². The molecule has 62 valence electrons. The van der Waals surface area contributed by atoms with Crippen molar-refractivity contribution in [1.29, 1.82) is 0 Å². The molecule has 0 aliphatic heterocycles. The van der Waals surface area contributed by atoms with E-state index >= 15 is 0 Å². The molecule has 0 fully saturated rings. The second-order valence-corrected chi connectivity index (χ2v) is 4.26. The summed E-state index contributed by atoms with van der Waals surface area (Å²) in [5.74, 6) is -0.102. The average molecular weight is 168 g/mol. The lowest BCUT2D eigenvalue weighted by Crippen LogP contribution is -2.20. The lowest BCUT2D eigenvalue weighted by Gasteiger charge is -2.12. The van der Waals surface area contributed by atoms with E-state index in [0.717, 1.165) is 0 Å². The molecular formula is C6H13FO2S. The molecule has 0 saturated carbocycles. The van der Waals surface area contributed by atoms with Crippen molar-refractivity contribution >= 4 is 10.2 Å². The topological polar surface area (TPSA) is 34.1 Å². The molecule has 4 heteroatoms. The van der Waals surface area contributed by atoms with Crippen molar-refractivity contribution in [3.63, 3.8) is 0 Å². The molecule has 0 heterocycles. The monoisotopic (exact) mass is 168 g/mol. The average Bonchev–Trinajstić information content (AvgIpc) is 1.83. The fourth-order valence-electron chi connectivity index (χ4n) is 0.609. The van der Waals surface area contributed by atoms with Gasteiger partial charge in [-0.2, -0.15) is 8.42 Å². The van der Waals surface area contributed by atoms with Gasteiger partial charge in [0.25, 0.3) is 0 Å². The Morgan fingerprint density at radius 2 is 1.80 bits per heavy atom. The van der Waals surface area contributed by atoms with Gasteiger partial charge < -0.3 is 0 Å². The first-order valence-electron chi connectivity index (χ1n) is 3.33. The van der Waals surface area contributed by atoms with E-state index in [1.165, 1.54) is 6.92 Å². The Kier molecular flexibility index (Phi) is 3.28. The van der Waals surface area contributed by atoms with Crippen LogP contribution >= 0.6 is 0 Å². The number of hydrogen-bond donors (Lipinski definition) is 0. The Morgan fingerprint density at radius 1 is 1.40 bits per heavy atom. The summed E-state index contributed by atoms with van der Waals surface area (Å²) in [7, 11) is -4.31. The highest BCUT2D eigenvalue weighted by Crippen LogP contribution is 2.16. The SMILES string of the molecule is CCC(C)C(C)S(=O)(=O)F. The highest BCUT2D eigenvalue weighted by Gasteiger charge is 2.24. The third kappa shape index (κ3) is 2.64. The summed E-state index contributed by atoms with van der Waals surface area (Å²) in [5, 5.41) is -0.863. The predicted octanol–water partition coefficient (Wildman–Crippen LogP) is 1.72. The van der Waals surface area contributed by atoms with E-state index in [4.69, 9.17) is 0 Å². The Labute approximate surface area is 61.7 Å². The molecule has 0 N–H and O–H groups in total.